The average molecular weight is 227 g/mol. The topological polar surface area (TPSA) is 54.7 Å². The lowest BCUT2D eigenvalue weighted by Gasteiger charge is -2.08. The molecule has 17 heavy (non-hydrogen) atoms. The van der Waals surface area contributed by atoms with E-state index < -0.39 is 0 Å². The Morgan fingerprint density at radius 2 is 1.94 bits per heavy atom. The average Bonchev–Trinajstić information content (AvgIpc) is 2.79. The highest BCUT2D eigenvalue weighted by Gasteiger charge is 2.12. The van der Waals surface area contributed by atoms with Gasteiger partial charge in [-0.25, -0.2) is 4.39 Å². The number of aromatic amines is 1. The van der Waals surface area contributed by atoms with Gasteiger partial charge < -0.3 is 5.73 Å². The first-order valence-electron chi connectivity index (χ1n) is 5.24. The highest BCUT2D eigenvalue weighted by molar-refractivity contribution is 6.00. The van der Waals surface area contributed by atoms with E-state index in [1.165, 1.54) is 6.07 Å². The molecule has 0 saturated carbocycles. The Morgan fingerprint density at radius 1 is 1.12 bits per heavy atom. The molecule has 3 aromatic rings. The molecule has 1 aromatic heterocycles. The van der Waals surface area contributed by atoms with Gasteiger partial charge in [0, 0.05) is 22.2 Å². The Bertz CT molecular complexity index is 688. The van der Waals surface area contributed by atoms with Gasteiger partial charge in [-0.15, -0.1) is 0 Å². The Kier molecular flexibility index (Phi) is 2.08. The molecule has 0 amide bonds. The Balaban J connectivity index is 2.40. The van der Waals surface area contributed by atoms with Crippen molar-refractivity contribution in [1.29, 1.82) is 0 Å². The maximum absolute atomic E-state index is 13.8. The number of aromatic nitrogens is 2. The number of hydrogen-bond acceptors (Lipinski definition) is 2. The van der Waals surface area contributed by atoms with Crippen LogP contribution in [0.1, 0.15) is 0 Å². The molecule has 0 unspecified atom stereocenters. The standard InChI is InChI=1S/C13H10FN3/c14-10-4-2-1-3-8(10)13-9-7-16-17-12(9)6-5-11(13)15/h1-7H,15H2,(H,16,17). The third-order valence-corrected chi connectivity index (χ3v) is 2.80. The summed E-state index contributed by atoms with van der Waals surface area (Å²) in [5.41, 5.74) is 8.52. The second kappa shape index (κ2) is 3.59. The number of halogens is 1. The molecule has 4 heteroatoms. The van der Waals surface area contributed by atoms with Crippen LogP contribution in [0.5, 0.6) is 0 Å². The number of nitrogen functional groups attached to an aromatic ring is 1. The predicted molar refractivity (Wildman–Crippen MR) is 65.9 cm³/mol. The van der Waals surface area contributed by atoms with Gasteiger partial charge in [-0.2, -0.15) is 5.10 Å². The maximum atomic E-state index is 13.8. The summed E-state index contributed by atoms with van der Waals surface area (Å²) in [6.07, 6.45) is 1.66. The zero-order chi connectivity index (χ0) is 11.8. The van der Waals surface area contributed by atoms with Crippen LogP contribution in [0.4, 0.5) is 10.1 Å². The fourth-order valence-corrected chi connectivity index (χ4v) is 2.00. The van der Waals surface area contributed by atoms with Crippen molar-refractivity contribution >= 4 is 16.6 Å². The third-order valence-electron chi connectivity index (χ3n) is 2.80. The molecule has 3 rings (SSSR count). The van der Waals surface area contributed by atoms with Gasteiger partial charge in [0.1, 0.15) is 5.82 Å². The molecule has 0 radical (unpaired) electrons. The lowest BCUT2D eigenvalue weighted by atomic mass is 9.99. The molecule has 0 aliphatic rings. The monoisotopic (exact) mass is 227 g/mol. The first-order chi connectivity index (χ1) is 8.27. The van der Waals surface area contributed by atoms with Crippen molar-refractivity contribution in [2.24, 2.45) is 0 Å². The molecule has 0 atom stereocenters. The zero-order valence-corrected chi connectivity index (χ0v) is 8.94. The van der Waals surface area contributed by atoms with Crippen molar-refractivity contribution in [3.63, 3.8) is 0 Å². The van der Waals surface area contributed by atoms with E-state index in [-0.39, 0.29) is 5.82 Å². The third kappa shape index (κ3) is 1.45. The molecule has 3 nitrogen and oxygen atoms in total. The molecule has 2 aromatic carbocycles. The predicted octanol–water partition coefficient (Wildman–Crippen LogP) is 2.95. The second-order valence-corrected chi connectivity index (χ2v) is 3.84. The molecule has 0 fully saturated rings. The largest absolute Gasteiger partial charge is 0.398 e. The Hall–Kier alpha value is -2.36. The van der Waals surface area contributed by atoms with E-state index in [1.54, 1.807) is 30.5 Å². The molecule has 0 bridgehead atoms. The van der Waals surface area contributed by atoms with Crippen LogP contribution >= 0.6 is 0 Å². The van der Waals surface area contributed by atoms with Crippen LogP contribution in [0.15, 0.2) is 42.6 Å². The van der Waals surface area contributed by atoms with Crippen LogP contribution in [-0.4, -0.2) is 10.2 Å². The quantitative estimate of drug-likeness (QED) is 0.628. The number of anilines is 1. The minimum Gasteiger partial charge on any atom is -0.398 e. The van der Waals surface area contributed by atoms with Gasteiger partial charge in [-0.3, -0.25) is 5.10 Å². The fourth-order valence-electron chi connectivity index (χ4n) is 2.00. The lowest BCUT2D eigenvalue weighted by molar-refractivity contribution is 0.631. The molecule has 3 N–H and O–H groups in total. The van der Waals surface area contributed by atoms with Crippen LogP contribution in [0, 0.1) is 5.82 Å². The number of nitrogens with one attached hydrogen (secondary N) is 1. The number of benzene rings is 2. The van der Waals surface area contributed by atoms with E-state index in [0.29, 0.717) is 16.8 Å². The summed E-state index contributed by atoms with van der Waals surface area (Å²) in [4.78, 5) is 0. The molecule has 1 heterocycles. The van der Waals surface area contributed by atoms with E-state index in [9.17, 15) is 4.39 Å². The SMILES string of the molecule is Nc1ccc2[nH]ncc2c1-c1ccccc1F. The number of rotatable bonds is 1. The number of nitrogens with two attached hydrogens (primary N) is 1. The molecular weight excluding hydrogens is 217 g/mol. The summed E-state index contributed by atoms with van der Waals surface area (Å²) in [6.45, 7) is 0. The van der Waals surface area contributed by atoms with Crippen molar-refractivity contribution in [2.75, 3.05) is 5.73 Å². The fraction of sp³-hybridized carbons (Fsp3) is 0. The van der Waals surface area contributed by atoms with Crippen LogP contribution in [0.25, 0.3) is 22.0 Å². The van der Waals surface area contributed by atoms with Crippen LogP contribution < -0.4 is 5.73 Å². The Morgan fingerprint density at radius 3 is 2.76 bits per heavy atom. The van der Waals surface area contributed by atoms with E-state index in [4.69, 9.17) is 5.73 Å². The molecule has 0 saturated heterocycles. The van der Waals surface area contributed by atoms with E-state index in [2.05, 4.69) is 10.2 Å². The van der Waals surface area contributed by atoms with Gasteiger partial charge in [0.05, 0.1) is 11.7 Å². The zero-order valence-electron chi connectivity index (χ0n) is 8.94. The minimum absolute atomic E-state index is 0.284. The van der Waals surface area contributed by atoms with Crippen molar-refractivity contribution in [2.45, 2.75) is 0 Å². The van der Waals surface area contributed by atoms with E-state index in [0.717, 1.165) is 10.9 Å². The van der Waals surface area contributed by atoms with Crippen molar-refractivity contribution < 1.29 is 4.39 Å². The number of H-pyrrole nitrogens is 1. The van der Waals surface area contributed by atoms with E-state index in [1.807, 2.05) is 6.07 Å². The van der Waals surface area contributed by atoms with Gasteiger partial charge in [0.2, 0.25) is 0 Å². The van der Waals surface area contributed by atoms with Crippen molar-refractivity contribution in [3.8, 4) is 11.1 Å². The summed E-state index contributed by atoms with van der Waals surface area (Å²) in [6, 6.07) is 10.2. The van der Waals surface area contributed by atoms with Gasteiger partial charge in [0.15, 0.2) is 0 Å². The minimum atomic E-state index is -0.284. The van der Waals surface area contributed by atoms with Gasteiger partial charge in [-0.05, 0) is 18.2 Å². The second-order valence-electron chi connectivity index (χ2n) is 3.84. The summed E-state index contributed by atoms with van der Waals surface area (Å²) in [5.74, 6) is -0.284. The van der Waals surface area contributed by atoms with Gasteiger partial charge in [-0.1, -0.05) is 18.2 Å². The number of nitrogens with zero attached hydrogens (tertiary/aromatic N) is 1. The normalized spacial score (nSPS) is 10.9. The maximum Gasteiger partial charge on any atom is 0.131 e. The van der Waals surface area contributed by atoms with Crippen molar-refractivity contribution in [1.82, 2.24) is 10.2 Å². The summed E-state index contributed by atoms with van der Waals surface area (Å²) < 4.78 is 13.8. The molecule has 0 aliphatic heterocycles. The lowest BCUT2D eigenvalue weighted by Crippen LogP contribution is -1.92. The summed E-state index contributed by atoms with van der Waals surface area (Å²) in [5, 5.41) is 7.63. The van der Waals surface area contributed by atoms with Crippen LogP contribution in [0.2, 0.25) is 0 Å². The molecule has 0 aliphatic carbocycles. The Labute approximate surface area is 97.1 Å². The molecular formula is C13H10FN3. The highest BCUT2D eigenvalue weighted by Crippen LogP contribution is 2.34. The van der Waals surface area contributed by atoms with Gasteiger partial charge >= 0.3 is 0 Å². The smallest absolute Gasteiger partial charge is 0.131 e. The summed E-state index contributed by atoms with van der Waals surface area (Å²) >= 11 is 0. The van der Waals surface area contributed by atoms with Crippen LogP contribution in [0.3, 0.4) is 0 Å². The summed E-state index contributed by atoms with van der Waals surface area (Å²) in [7, 11) is 0. The molecule has 84 valence electrons. The number of fused-ring (bicyclic) bond motifs is 1. The highest BCUT2D eigenvalue weighted by atomic mass is 19.1. The van der Waals surface area contributed by atoms with E-state index >= 15 is 0 Å². The first kappa shape index (κ1) is 9.84. The molecule has 0 spiro atoms. The number of hydrogen-bond donors (Lipinski definition) is 2. The van der Waals surface area contributed by atoms with Crippen molar-refractivity contribution in [3.05, 3.63) is 48.4 Å². The van der Waals surface area contributed by atoms with Gasteiger partial charge in [0.25, 0.3) is 0 Å². The van der Waals surface area contributed by atoms with Crippen LogP contribution in [-0.2, 0) is 0 Å². The first-order valence-corrected chi connectivity index (χ1v) is 5.24.